The van der Waals surface area contributed by atoms with Crippen LogP contribution in [0.15, 0.2) is 0 Å². The third kappa shape index (κ3) is 0.851. The average Bonchev–Trinajstić information content (AvgIpc) is 1.27. The molecule has 0 N–H and O–H groups in total. The van der Waals surface area contributed by atoms with Crippen LogP contribution in [0.2, 0.25) is 0 Å². The second-order valence-corrected chi connectivity index (χ2v) is 1.63. The summed E-state index contributed by atoms with van der Waals surface area (Å²) in [6.07, 6.45) is 0. The van der Waals surface area contributed by atoms with Gasteiger partial charge in [0, 0.05) is 0 Å². The summed E-state index contributed by atoms with van der Waals surface area (Å²) in [7, 11) is 0. The maximum absolute atomic E-state index is 11.5. The maximum Gasteiger partial charge on any atom is 0.278 e. The number of rotatable bonds is 0. The zero-order valence-electron chi connectivity index (χ0n) is 3.50. The lowest BCUT2D eigenvalue weighted by atomic mass is 10.2. The molecular formula is C3H4F3N. The molecule has 1 nitrogen and oxygen atoms in total. The van der Waals surface area contributed by atoms with E-state index in [2.05, 4.69) is 0 Å². The van der Waals surface area contributed by atoms with Crippen LogP contribution in [0.3, 0.4) is 0 Å². The maximum atomic E-state index is 11.5. The summed E-state index contributed by atoms with van der Waals surface area (Å²) < 4.78 is 34.4. The molecule has 0 saturated carbocycles. The number of hydrogen-bond acceptors (Lipinski definition) is 1. The molecule has 1 saturated heterocycles. The second-order valence-electron chi connectivity index (χ2n) is 1.63. The smallest absolute Gasteiger partial charge is 0.204 e. The minimum atomic E-state index is -2.76. The van der Waals surface area contributed by atoms with Crippen molar-refractivity contribution in [2.45, 2.75) is 5.92 Å². The fourth-order valence-electron chi connectivity index (χ4n) is 0.456. The van der Waals surface area contributed by atoms with Crippen molar-refractivity contribution in [1.82, 2.24) is 5.12 Å². The summed E-state index contributed by atoms with van der Waals surface area (Å²) in [5.74, 6) is -2.76. The van der Waals surface area contributed by atoms with Crippen molar-refractivity contribution in [1.29, 1.82) is 0 Å². The number of halogens is 3. The van der Waals surface area contributed by atoms with E-state index in [4.69, 9.17) is 0 Å². The standard InChI is InChI=1S/C3H4F3N/c4-3(5)1-7(6)2-3/h1-2H2. The first-order chi connectivity index (χ1) is 3.10. The average molecular weight is 111 g/mol. The molecule has 0 aromatic heterocycles. The van der Waals surface area contributed by atoms with Crippen LogP contribution in [-0.4, -0.2) is 24.1 Å². The minimum absolute atomic E-state index is 0.0833. The summed E-state index contributed by atoms with van der Waals surface area (Å²) in [6.45, 7) is -1.46. The first-order valence-corrected chi connectivity index (χ1v) is 1.89. The molecule has 4 heteroatoms. The lowest BCUT2D eigenvalue weighted by Crippen LogP contribution is -2.51. The molecule has 1 rings (SSSR count). The molecule has 0 atom stereocenters. The van der Waals surface area contributed by atoms with Crippen molar-refractivity contribution >= 4 is 0 Å². The molecule has 0 radical (unpaired) electrons. The van der Waals surface area contributed by atoms with E-state index in [-0.39, 0.29) is 5.12 Å². The third-order valence-electron chi connectivity index (χ3n) is 0.806. The zero-order chi connectivity index (χ0) is 5.49. The van der Waals surface area contributed by atoms with Gasteiger partial charge in [-0.1, -0.05) is 0 Å². The molecule has 1 aliphatic rings. The van der Waals surface area contributed by atoms with E-state index in [1.54, 1.807) is 0 Å². The molecule has 0 aromatic rings. The Bertz CT molecular complexity index is 74.2. The summed E-state index contributed by atoms with van der Waals surface area (Å²) in [6, 6.07) is 0. The Balaban J connectivity index is 2.29. The van der Waals surface area contributed by atoms with Crippen LogP contribution in [0.4, 0.5) is 13.3 Å². The van der Waals surface area contributed by atoms with E-state index in [1.165, 1.54) is 0 Å². The van der Waals surface area contributed by atoms with E-state index >= 15 is 0 Å². The van der Waals surface area contributed by atoms with Crippen LogP contribution in [-0.2, 0) is 0 Å². The van der Waals surface area contributed by atoms with Crippen molar-refractivity contribution in [3.63, 3.8) is 0 Å². The second kappa shape index (κ2) is 1.12. The van der Waals surface area contributed by atoms with Gasteiger partial charge in [-0.3, -0.25) is 0 Å². The summed E-state index contributed by atoms with van der Waals surface area (Å²) in [5.41, 5.74) is 0. The first-order valence-electron chi connectivity index (χ1n) is 1.89. The number of nitrogens with zero attached hydrogens (tertiary/aromatic N) is 1. The number of alkyl halides is 2. The Kier molecular flexibility index (Phi) is 0.786. The first kappa shape index (κ1) is 4.90. The van der Waals surface area contributed by atoms with Gasteiger partial charge in [0.05, 0.1) is 13.1 Å². The quantitative estimate of drug-likeness (QED) is 0.418. The molecule has 1 aliphatic heterocycles. The van der Waals surface area contributed by atoms with Gasteiger partial charge >= 0.3 is 0 Å². The normalized spacial score (nSPS) is 29.6. The van der Waals surface area contributed by atoms with Crippen LogP contribution in [0.5, 0.6) is 0 Å². The van der Waals surface area contributed by atoms with Crippen molar-refractivity contribution in [3.8, 4) is 0 Å². The van der Waals surface area contributed by atoms with Gasteiger partial charge in [-0.2, -0.15) is 0 Å². The van der Waals surface area contributed by atoms with Gasteiger partial charge in [0.25, 0.3) is 5.92 Å². The minimum Gasteiger partial charge on any atom is -0.204 e. The Morgan fingerprint density at radius 2 is 1.71 bits per heavy atom. The van der Waals surface area contributed by atoms with Gasteiger partial charge in [-0.05, 0) is 0 Å². The topological polar surface area (TPSA) is 3.24 Å². The highest BCUT2D eigenvalue weighted by atomic mass is 19.3. The highest BCUT2D eigenvalue weighted by Crippen LogP contribution is 2.25. The predicted octanol–water partition coefficient (Wildman–Crippen LogP) is 0.822. The van der Waals surface area contributed by atoms with Gasteiger partial charge in [0.15, 0.2) is 0 Å². The third-order valence-corrected chi connectivity index (χ3v) is 0.806. The molecule has 0 amide bonds. The van der Waals surface area contributed by atoms with Gasteiger partial charge in [-0.25, -0.2) is 8.78 Å². The van der Waals surface area contributed by atoms with Crippen molar-refractivity contribution < 1.29 is 13.3 Å². The van der Waals surface area contributed by atoms with E-state index in [0.29, 0.717) is 0 Å². The molecule has 0 aliphatic carbocycles. The summed E-state index contributed by atoms with van der Waals surface area (Å²) in [4.78, 5) is 0. The zero-order valence-corrected chi connectivity index (χ0v) is 3.50. The van der Waals surface area contributed by atoms with Crippen LogP contribution < -0.4 is 0 Å². The molecule has 0 spiro atoms. The molecule has 7 heavy (non-hydrogen) atoms. The van der Waals surface area contributed by atoms with Gasteiger partial charge in [0.1, 0.15) is 0 Å². The van der Waals surface area contributed by atoms with E-state index in [0.717, 1.165) is 0 Å². The molecule has 1 heterocycles. The summed E-state index contributed by atoms with van der Waals surface area (Å²) in [5, 5.41) is 0.0833. The Morgan fingerprint density at radius 1 is 1.29 bits per heavy atom. The van der Waals surface area contributed by atoms with Crippen molar-refractivity contribution in [3.05, 3.63) is 0 Å². The van der Waals surface area contributed by atoms with E-state index in [9.17, 15) is 13.3 Å². The molecular weight excluding hydrogens is 107 g/mol. The van der Waals surface area contributed by atoms with Crippen LogP contribution in [0.1, 0.15) is 0 Å². The highest BCUT2D eigenvalue weighted by molar-refractivity contribution is 4.80. The fraction of sp³-hybridized carbons (Fsp3) is 1.00. The molecule has 0 aromatic carbocycles. The molecule has 1 fully saturated rings. The van der Waals surface area contributed by atoms with Crippen LogP contribution >= 0.6 is 0 Å². The largest absolute Gasteiger partial charge is 0.278 e. The van der Waals surface area contributed by atoms with Crippen LogP contribution in [0, 0.1) is 0 Å². The van der Waals surface area contributed by atoms with Gasteiger partial charge in [0.2, 0.25) is 0 Å². The lowest BCUT2D eigenvalue weighted by Gasteiger charge is -2.30. The monoisotopic (exact) mass is 111 g/mol. The molecule has 0 bridgehead atoms. The van der Waals surface area contributed by atoms with Crippen LogP contribution in [0.25, 0.3) is 0 Å². The Labute approximate surface area is 38.7 Å². The summed E-state index contributed by atoms with van der Waals surface area (Å²) >= 11 is 0. The predicted molar refractivity (Wildman–Crippen MR) is 17.6 cm³/mol. The lowest BCUT2D eigenvalue weighted by molar-refractivity contribution is -0.207. The van der Waals surface area contributed by atoms with Gasteiger partial charge in [-0.15, -0.1) is 9.60 Å². The molecule has 42 valence electrons. The highest BCUT2D eigenvalue weighted by Gasteiger charge is 2.44. The Hall–Kier alpha value is -0.250. The fourth-order valence-corrected chi connectivity index (χ4v) is 0.456. The Morgan fingerprint density at radius 3 is 1.71 bits per heavy atom. The van der Waals surface area contributed by atoms with Gasteiger partial charge < -0.3 is 0 Å². The number of hydrogen-bond donors (Lipinski definition) is 0. The van der Waals surface area contributed by atoms with E-state index in [1.807, 2.05) is 0 Å². The van der Waals surface area contributed by atoms with Crippen molar-refractivity contribution in [2.24, 2.45) is 0 Å². The van der Waals surface area contributed by atoms with Crippen molar-refractivity contribution in [2.75, 3.05) is 13.1 Å². The SMILES string of the molecule is FN1CC(F)(F)C1. The van der Waals surface area contributed by atoms with E-state index < -0.39 is 19.0 Å². The molecule has 0 unspecified atom stereocenters.